The highest BCUT2D eigenvalue weighted by molar-refractivity contribution is 6.04. The Morgan fingerprint density at radius 2 is 2.09 bits per heavy atom. The summed E-state index contributed by atoms with van der Waals surface area (Å²) in [5, 5.41) is 11.9. The minimum atomic E-state index is -0.562. The molecule has 0 fully saturated rings. The van der Waals surface area contributed by atoms with Crippen molar-refractivity contribution in [3.8, 4) is 0 Å². The van der Waals surface area contributed by atoms with Crippen LogP contribution in [-0.2, 0) is 6.54 Å². The lowest BCUT2D eigenvalue weighted by atomic mass is 10.2. The second-order valence-electron chi connectivity index (χ2n) is 4.38. The third-order valence-electron chi connectivity index (χ3n) is 2.94. The molecule has 0 aliphatic rings. The number of nitrogen functional groups attached to an aromatic ring is 1. The maximum Gasteiger partial charge on any atom is 0.159 e. The Kier molecular flexibility index (Phi) is 4.11. The van der Waals surface area contributed by atoms with Crippen LogP contribution in [0.4, 0.5) is 8.78 Å². The molecule has 0 amide bonds. The molecule has 3 aromatic rings. The highest BCUT2D eigenvalue weighted by Gasteiger charge is 2.16. The number of pyridine rings is 2. The van der Waals surface area contributed by atoms with Crippen molar-refractivity contribution in [1.82, 2.24) is 19.7 Å². The molecule has 0 bridgehead atoms. The fraction of sp³-hybridized carbons (Fsp3) is 0.143. The van der Waals surface area contributed by atoms with Crippen LogP contribution in [0, 0.1) is 17.0 Å². The van der Waals surface area contributed by atoms with Crippen LogP contribution in [0.3, 0.4) is 0 Å². The maximum absolute atomic E-state index is 13.7. The van der Waals surface area contributed by atoms with Crippen LogP contribution in [0.15, 0.2) is 30.6 Å². The van der Waals surface area contributed by atoms with Crippen LogP contribution >= 0.6 is 0 Å². The van der Waals surface area contributed by atoms with E-state index in [2.05, 4.69) is 15.1 Å². The van der Waals surface area contributed by atoms with Gasteiger partial charge in [0.05, 0.1) is 23.8 Å². The highest BCUT2D eigenvalue weighted by atomic mass is 19.1. The van der Waals surface area contributed by atoms with E-state index in [1.54, 1.807) is 0 Å². The summed E-state index contributed by atoms with van der Waals surface area (Å²) < 4.78 is 28.3. The Bertz CT molecular complexity index is 842. The first kappa shape index (κ1) is 15.5. The minimum Gasteiger partial charge on any atom is -0.382 e. The summed E-state index contributed by atoms with van der Waals surface area (Å²) in [5.74, 6) is -1.35. The van der Waals surface area contributed by atoms with Gasteiger partial charge in [0.2, 0.25) is 0 Å². The Morgan fingerprint density at radius 3 is 2.77 bits per heavy atom. The predicted octanol–water partition coefficient (Wildman–Crippen LogP) is 2.07. The highest BCUT2D eigenvalue weighted by Crippen LogP contribution is 2.18. The summed E-state index contributed by atoms with van der Waals surface area (Å²) in [5.41, 5.74) is 6.02. The Hall–Kier alpha value is -2.90. The molecule has 3 aromatic heterocycles. The molecule has 3 N–H and O–H groups in total. The van der Waals surface area contributed by atoms with E-state index in [1.807, 2.05) is 0 Å². The van der Waals surface area contributed by atoms with Gasteiger partial charge in [-0.15, -0.1) is 0 Å². The molecule has 0 aliphatic heterocycles. The van der Waals surface area contributed by atoms with E-state index in [4.69, 9.17) is 11.1 Å². The zero-order chi connectivity index (χ0) is 15.0. The zero-order valence-corrected chi connectivity index (χ0v) is 10.7. The third-order valence-corrected chi connectivity index (χ3v) is 2.94. The molecule has 3 rings (SSSR count). The number of nitrogens with two attached hydrogens (primary N) is 1. The minimum absolute atomic E-state index is 0. The first-order valence-corrected chi connectivity index (χ1v) is 6.02. The molecule has 3 heterocycles. The van der Waals surface area contributed by atoms with Gasteiger partial charge in [-0.1, -0.05) is 7.43 Å². The number of aromatic nitrogens is 4. The summed E-state index contributed by atoms with van der Waals surface area (Å²) >= 11 is 0. The summed E-state index contributed by atoms with van der Waals surface area (Å²) in [6.07, 6.45) is 2.49. The van der Waals surface area contributed by atoms with Gasteiger partial charge >= 0.3 is 0 Å². The molecule has 6 nitrogen and oxygen atoms in total. The number of nitrogens with one attached hydrogen (secondary N) is 1. The maximum atomic E-state index is 13.7. The lowest BCUT2D eigenvalue weighted by Gasteiger charge is -2.03. The molecular weight excluding hydrogens is 290 g/mol. The molecule has 114 valence electrons. The second-order valence-corrected chi connectivity index (χ2v) is 4.38. The molecule has 0 saturated carbocycles. The monoisotopic (exact) mass is 304 g/mol. The van der Waals surface area contributed by atoms with Crippen molar-refractivity contribution >= 4 is 16.9 Å². The second kappa shape index (κ2) is 5.84. The van der Waals surface area contributed by atoms with Gasteiger partial charge in [-0.2, -0.15) is 5.10 Å². The summed E-state index contributed by atoms with van der Waals surface area (Å²) in [4.78, 5) is 7.86. The molecule has 0 aromatic carbocycles. The molecule has 0 radical (unpaired) electrons. The van der Waals surface area contributed by atoms with Crippen molar-refractivity contribution in [3.05, 3.63) is 53.6 Å². The van der Waals surface area contributed by atoms with Crippen LogP contribution in [0.25, 0.3) is 11.0 Å². The quantitative estimate of drug-likeness (QED) is 0.572. The Labute approximate surface area is 125 Å². The van der Waals surface area contributed by atoms with E-state index < -0.39 is 11.6 Å². The Morgan fingerprint density at radius 1 is 1.32 bits per heavy atom. The Balaban J connectivity index is 0.00000176. The lowest BCUT2D eigenvalue weighted by molar-refractivity contribution is 0.574. The normalized spacial score (nSPS) is 10.5. The summed E-state index contributed by atoms with van der Waals surface area (Å²) in [6.45, 7) is 0.00901. The average Bonchev–Trinajstić information content (AvgIpc) is 2.79. The largest absolute Gasteiger partial charge is 0.382 e. The van der Waals surface area contributed by atoms with Gasteiger partial charge < -0.3 is 5.73 Å². The smallest absolute Gasteiger partial charge is 0.159 e. The van der Waals surface area contributed by atoms with Crippen LogP contribution < -0.4 is 5.73 Å². The summed E-state index contributed by atoms with van der Waals surface area (Å²) in [7, 11) is 0. The number of halogens is 2. The van der Waals surface area contributed by atoms with Crippen molar-refractivity contribution in [2.24, 2.45) is 5.73 Å². The molecule has 0 aliphatic carbocycles. The van der Waals surface area contributed by atoms with Crippen molar-refractivity contribution in [3.63, 3.8) is 0 Å². The number of fused-ring (bicyclic) bond motifs is 1. The van der Waals surface area contributed by atoms with Gasteiger partial charge in [0.15, 0.2) is 5.65 Å². The summed E-state index contributed by atoms with van der Waals surface area (Å²) in [6, 6.07) is 3.96. The van der Waals surface area contributed by atoms with Crippen LogP contribution in [-0.4, -0.2) is 25.6 Å². The van der Waals surface area contributed by atoms with E-state index in [0.29, 0.717) is 11.0 Å². The van der Waals surface area contributed by atoms with Crippen LogP contribution in [0.5, 0.6) is 0 Å². The van der Waals surface area contributed by atoms with Gasteiger partial charge in [0.1, 0.15) is 23.2 Å². The molecule has 8 heteroatoms. The van der Waals surface area contributed by atoms with Gasteiger partial charge in [-0.05, 0) is 18.2 Å². The topological polar surface area (TPSA) is 93.5 Å². The SMILES string of the molecule is C.N=C(N)c1nn(Cc2ncccc2F)c2ncc(F)cc12. The van der Waals surface area contributed by atoms with Crippen molar-refractivity contribution in [2.45, 2.75) is 14.0 Å². The average molecular weight is 304 g/mol. The van der Waals surface area contributed by atoms with Gasteiger partial charge in [-0.25, -0.2) is 18.4 Å². The number of hydrogen-bond donors (Lipinski definition) is 2. The predicted molar refractivity (Wildman–Crippen MR) is 78.5 cm³/mol. The van der Waals surface area contributed by atoms with E-state index in [0.717, 1.165) is 6.20 Å². The molecule has 0 unspecified atom stereocenters. The third kappa shape index (κ3) is 2.62. The van der Waals surface area contributed by atoms with Gasteiger partial charge in [0.25, 0.3) is 0 Å². The molecule has 0 spiro atoms. The molecular formula is C14H14F2N6. The van der Waals surface area contributed by atoms with Gasteiger partial charge in [0, 0.05) is 6.20 Å². The van der Waals surface area contributed by atoms with Crippen molar-refractivity contribution in [1.29, 1.82) is 5.41 Å². The van der Waals surface area contributed by atoms with Crippen molar-refractivity contribution in [2.75, 3.05) is 0 Å². The number of rotatable bonds is 3. The first-order chi connectivity index (χ1) is 10.1. The van der Waals surface area contributed by atoms with Crippen LogP contribution in [0.1, 0.15) is 18.8 Å². The molecule has 22 heavy (non-hydrogen) atoms. The van der Waals surface area contributed by atoms with E-state index in [-0.39, 0.29) is 31.2 Å². The first-order valence-electron chi connectivity index (χ1n) is 6.02. The number of nitrogens with zero attached hydrogens (tertiary/aromatic N) is 4. The number of amidine groups is 1. The van der Waals surface area contributed by atoms with Crippen molar-refractivity contribution < 1.29 is 8.78 Å². The van der Waals surface area contributed by atoms with E-state index >= 15 is 0 Å². The molecule has 0 atom stereocenters. The fourth-order valence-electron chi connectivity index (χ4n) is 2.02. The van der Waals surface area contributed by atoms with Crippen LogP contribution in [0.2, 0.25) is 0 Å². The molecule has 0 saturated heterocycles. The standard InChI is InChI=1S/C13H10F2N6.CH4/c14-7-4-8-11(12(16)17)20-21(13(8)19-5-7)6-10-9(15)2-1-3-18-10;/h1-5H,6H2,(H3,16,17);1H4. The lowest BCUT2D eigenvalue weighted by Crippen LogP contribution is -2.13. The van der Waals surface area contributed by atoms with E-state index in [1.165, 1.54) is 29.1 Å². The zero-order valence-electron chi connectivity index (χ0n) is 10.7. The van der Waals surface area contributed by atoms with Gasteiger partial charge in [-0.3, -0.25) is 10.4 Å². The van der Waals surface area contributed by atoms with E-state index in [9.17, 15) is 8.78 Å². The fourth-order valence-corrected chi connectivity index (χ4v) is 2.02. The number of hydrogen-bond acceptors (Lipinski definition) is 4.